The van der Waals surface area contributed by atoms with E-state index in [2.05, 4.69) is 34.0 Å². The first-order valence-corrected chi connectivity index (χ1v) is 12.5. The number of hydrogen-bond donors (Lipinski definition) is 2. The van der Waals surface area contributed by atoms with Crippen molar-refractivity contribution in [2.24, 2.45) is 11.3 Å². The number of halogens is 1. The summed E-state index contributed by atoms with van der Waals surface area (Å²) in [4.78, 5) is 43.3. The lowest BCUT2D eigenvalue weighted by molar-refractivity contribution is -0.123. The fraction of sp³-hybridized carbons (Fsp3) is 0.538. The topological polar surface area (TPSA) is 96.3 Å². The van der Waals surface area contributed by atoms with Gasteiger partial charge >= 0.3 is 0 Å². The van der Waals surface area contributed by atoms with Crippen LogP contribution in [-0.2, 0) is 22.6 Å². The van der Waals surface area contributed by atoms with E-state index in [1.165, 1.54) is 6.92 Å². The van der Waals surface area contributed by atoms with Gasteiger partial charge in [0.25, 0.3) is 5.91 Å². The van der Waals surface area contributed by atoms with Gasteiger partial charge in [0.05, 0.1) is 5.02 Å². The molecule has 0 radical (unpaired) electrons. The van der Waals surface area contributed by atoms with Gasteiger partial charge in [0.15, 0.2) is 0 Å². The third-order valence-corrected chi connectivity index (χ3v) is 7.22. The lowest BCUT2D eigenvalue weighted by atomic mass is 9.85. The number of rotatable bonds is 5. The number of fused-ring (bicyclic) bond motifs is 1. The Hall–Kier alpha value is -2.87. The Morgan fingerprint density at radius 3 is 2.60 bits per heavy atom. The van der Waals surface area contributed by atoms with E-state index in [1.54, 1.807) is 31.3 Å². The molecule has 0 saturated heterocycles. The number of hydrogen-bond acceptors (Lipinski definition) is 4. The Labute approximate surface area is 211 Å². The molecule has 0 aromatic carbocycles. The number of aromatic nitrogens is 2. The van der Waals surface area contributed by atoms with Gasteiger partial charge < -0.3 is 20.1 Å². The summed E-state index contributed by atoms with van der Waals surface area (Å²) < 4.78 is 2.09. The van der Waals surface area contributed by atoms with E-state index in [0.29, 0.717) is 23.0 Å². The third-order valence-electron chi connectivity index (χ3n) is 6.92. The lowest BCUT2D eigenvalue weighted by Crippen LogP contribution is -2.40. The highest BCUT2D eigenvalue weighted by atomic mass is 35.5. The molecule has 2 aromatic heterocycles. The summed E-state index contributed by atoms with van der Waals surface area (Å²) >= 11 is 6.59. The van der Waals surface area contributed by atoms with Crippen LogP contribution in [0.2, 0.25) is 5.02 Å². The van der Waals surface area contributed by atoms with Crippen LogP contribution in [0.15, 0.2) is 18.3 Å². The van der Waals surface area contributed by atoms with E-state index < -0.39 is 0 Å². The Balaban J connectivity index is 1.61. The molecule has 9 heteroatoms. The number of nitrogens with one attached hydrogen (secondary N) is 2. The molecule has 3 heterocycles. The number of carbonyl (C=O) groups excluding carboxylic acids is 3. The van der Waals surface area contributed by atoms with E-state index in [9.17, 15) is 14.4 Å². The molecule has 0 bridgehead atoms. The average Bonchev–Trinajstić information content (AvgIpc) is 3.27. The van der Waals surface area contributed by atoms with Gasteiger partial charge in [-0.15, -0.1) is 0 Å². The molecule has 1 aliphatic heterocycles. The normalized spacial score (nSPS) is 20.7. The molecule has 2 N–H and O–H groups in total. The van der Waals surface area contributed by atoms with Crippen molar-refractivity contribution in [2.75, 3.05) is 19.4 Å². The number of nitrogens with zero attached hydrogens (tertiary/aromatic N) is 3. The monoisotopic (exact) mass is 499 g/mol. The maximum atomic E-state index is 13.0. The summed E-state index contributed by atoms with van der Waals surface area (Å²) in [6.45, 7) is 6.62. The van der Waals surface area contributed by atoms with Crippen LogP contribution in [0.3, 0.4) is 0 Å². The van der Waals surface area contributed by atoms with E-state index >= 15 is 0 Å². The predicted molar refractivity (Wildman–Crippen MR) is 136 cm³/mol. The van der Waals surface area contributed by atoms with Crippen LogP contribution in [0.5, 0.6) is 0 Å². The van der Waals surface area contributed by atoms with Crippen molar-refractivity contribution in [3.05, 3.63) is 34.7 Å². The fourth-order valence-electron chi connectivity index (χ4n) is 5.32. The van der Waals surface area contributed by atoms with Crippen molar-refractivity contribution in [1.29, 1.82) is 0 Å². The summed E-state index contributed by atoms with van der Waals surface area (Å²) in [6.07, 6.45) is 5.53. The molecule has 0 spiro atoms. The minimum absolute atomic E-state index is 0.0191. The second-order valence-corrected chi connectivity index (χ2v) is 11.2. The molecule has 1 fully saturated rings. The average molecular weight is 500 g/mol. The maximum Gasteiger partial charge on any atom is 0.269 e. The molecule has 2 unspecified atom stereocenters. The Bertz CT molecular complexity index is 1170. The van der Waals surface area contributed by atoms with E-state index in [1.807, 2.05) is 6.07 Å². The summed E-state index contributed by atoms with van der Waals surface area (Å²) in [6, 6.07) is 3.71. The lowest BCUT2D eigenvalue weighted by Gasteiger charge is -2.28. The van der Waals surface area contributed by atoms with Crippen molar-refractivity contribution in [3.8, 4) is 11.1 Å². The van der Waals surface area contributed by atoms with Gasteiger partial charge in [-0.3, -0.25) is 14.4 Å². The van der Waals surface area contributed by atoms with Gasteiger partial charge in [0.2, 0.25) is 11.8 Å². The molecule has 2 aromatic rings. The molecule has 35 heavy (non-hydrogen) atoms. The van der Waals surface area contributed by atoms with E-state index in [4.69, 9.17) is 11.6 Å². The quantitative estimate of drug-likeness (QED) is 0.646. The Morgan fingerprint density at radius 2 is 1.91 bits per heavy atom. The van der Waals surface area contributed by atoms with E-state index in [0.717, 1.165) is 49.0 Å². The number of amides is 3. The molecule has 1 aliphatic carbocycles. The third kappa shape index (κ3) is 5.37. The first-order chi connectivity index (χ1) is 16.4. The molecule has 188 valence electrons. The van der Waals surface area contributed by atoms with Gasteiger partial charge in [0, 0.05) is 62.5 Å². The second kappa shape index (κ2) is 9.64. The Kier molecular flexibility index (Phi) is 6.95. The molecule has 8 nitrogen and oxygen atoms in total. The second-order valence-electron chi connectivity index (χ2n) is 10.8. The molecule has 2 atom stereocenters. The fourth-order valence-corrected chi connectivity index (χ4v) is 5.53. The van der Waals surface area contributed by atoms with Gasteiger partial charge in [-0.05, 0) is 43.2 Å². The van der Waals surface area contributed by atoms with Crippen molar-refractivity contribution in [2.45, 2.75) is 65.5 Å². The van der Waals surface area contributed by atoms with Crippen LogP contribution in [0.4, 0.5) is 5.82 Å². The summed E-state index contributed by atoms with van der Waals surface area (Å²) in [5.41, 5.74) is 3.36. The largest absolute Gasteiger partial charge is 0.354 e. The van der Waals surface area contributed by atoms with Crippen LogP contribution in [-0.4, -0.2) is 52.3 Å². The van der Waals surface area contributed by atoms with Crippen molar-refractivity contribution < 1.29 is 14.4 Å². The molecule has 3 amide bonds. The zero-order valence-electron chi connectivity index (χ0n) is 21.1. The minimum atomic E-state index is -0.189. The standard InChI is InChI=1S/C26H34ClN5O3/c1-15(33)29-17-8-6-7-16(9-17)24(34)30-23-11-18(20(27)13-28-23)19-10-21(25(35)31(4)5)32-14-26(2,3)12-22(19)32/h10-11,13,16-17H,6-9,12,14H2,1-5H3,(H,29,33)(H,28,30,34). The summed E-state index contributed by atoms with van der Waals surface area (Å²) in [7, 11) is 3.49. The van der Waals surface area contributed by atoms with Crippen LogP contribution in [0.1, 0.15) is 62.6 Å². The molecule has 2 aliphatic rings. The molecular weight excluding hydrogens is 466 g/mol. The predicted octanol–water partition coefficient (Wildman–Crippen LogP) is 4.12. The number of pyridine rings is 1. The summed E-state index contributed by atoms with van der Waals surface area (Å²) in [5, 5.41) is 6.35. The highest BCUT2D eigenvalue weighted by Gasteiger charge is 2.35. The van der Waals surface area contributed by atoms with Gasteiger partial charge in [0.1, 0.15) is 11.5 Å². The first kappa shape index (κ1) is 25.2. The van der Waals surface area contributed by atoms with Gasteiger partial charge in [-0.25, -0.2) is 4.98 Å². The zero-order valence-corrected chi connectivity index (χ0v) is 21.8. The van der Waals surface area contributed by atoms with Crippen LogP contribution < -0.4 is 10.6 Å². The van der Waals surface area contributed by atoms with Crippen molar-refractivity contribution >= 4 is 35.1 Å². The molecule has 1 saturated carbocycles. The van der Waals surface area contributed by atoms with Crippen molar-refractivity contribution in [3.63, 3.8) is 0 Å². The Morgan fingerprint density at radius 1 is 1.17 bits per heavy atom. The molecule has 4 rings (SSSR count). The number of carbonyl (C=O) groups is 3. The zero-order chi connectivity index (χ0) is 25.5. The van der Waals surface area contributed by atoms with Crippen LogP contribution >= 0.6 is 11.6 Å². The number of anilines is 1. The highest BCUT2D eigenvalue weighted by molar-refractivity contribution is 6.33. The highest BCUT2D eigenvalue weighted by Crippen LogP contribution is 2.42. The van der Waals surface area contributed by atoms with Gasteiger partial charge in [-0.2, -0.15) is 0 Å². The maximum absolute atomic E-state index is 13.0. The van der Waals surface area contributed by atoms with Crippen molar-refractivity contribution in [1.82, 2.24) is 19.8 Å². The van der Waals surface area contributed by atoms with E-state index in [-0.39, 0.29) is 35.1 Å². The van der Waals surface area contributed by atoms with Crippen LogP contribution in [0.25, 0.3) is 11.1 Å². The SMILES string of the molecule is CC(=O)NC1CCCC(C(=O)Nc2cc(-c3cc(C(=O)N(C)C)n4c3CC(C)(C)C4)c(Cl)cn2)C1. The van der Waals surface area contributed by atoms with Crippen LogP contribution in [0, 0.1) is 11.3 Å². The summed E-state index contributed by atoms with van der Waals surface area (Å²) in [5.74, 6) is 0.00190. The minimum Gasteiger partial charge on any atom is -0.354 e. The smallest absolute Gasteiger partial charge is 0.269 e. The first-order valence-electron chi connectivity index (χ1n) is 12.1. The van der Waals surface area contributed by atoms with Gasteiger partial charge in [-0.1, -0.05) is 31.9 Å². The molecular formula is C26H34ClN5O3.